The third kappa shape index (κ3) is 3.84. The zero-order valence-electron chi connectivity index (χ0n) is 39.6. The SMILES string of the molecule is [2H]c1c([2H])c([2H])c2c(sc3c([2H])c([2H])c([2H])c(-c4nc(-c5ccccc5)nc(-c5c([2H])c([2H])c6c7c([2H])c([2H])c([2H])c([2H])c7c7c([2H])c([2H])c([2H])c([2H])c7c6c5[2H])n4)c32)c1[2H]. The van der Waals surface area contributed by atoms with Gasteiger partial charge in [-0.3, -0.25) is 0 Å². The fourth-order valence-electron chi connectivity index (χ4n) is 5.11. The average Bonchev–Trinajstić information content (AvgIpc) is 3.65. The third-order valence-electron chi connectivity index (χ3n) is 7.00. The quantitative estimate of drug-likeness (QED) is 0.194. The Morgan fingerprint density at radius 3 is 1.72 bits per heavy atom. The Hall–Kier alpha value is -5.45. The first-order valence-electron chi connectivity index (χ1n) is 21.9. The maximum Gasteiger partial charge on any atom is 0.164 e. The van der Waals surface area contributed by atoms with Crippen LogP contribution in [0.1, 0.15) is 24.7 Å². The zero-order chi connectivity index (χ0) is 44.0. The highest BCUT2D eigenvalue weighted by molar-refractivity contribution is 7.25. The van der Waals surface area contributed by atoms with Gasteiger partial charge in [-0.05, 0) is 50.4 Å². The summed E-state index contributed by atoms with van der Waals surface area (Å²) in [5.41, 5.74) is -0.322. The minimum absolute atomic E-state index is 0.0198. The van der Waals surface area contributed by atoms with Gasteiger partial charge in [-0.2, -0.15) is 0 Å². The number of rotatable bonds is 3. The second kappa shape index (κ2) is 9.55. The molecule has 9 rings (SSSR count). The predicted octanol–water partition coefficient (Wildman–Crippen LogP) is 10.7. The summed E-state index contributed by atoms with van der Waals surface area (Å²) < 4.78 is 159. The molecule has 200 valence electrons. The largest absolute Gasteiger partial charge is 0.208 e. The van der Waals surface area contributed by atoms with Crippen molar-refractivity contribution < 1.29 is 24.7 Å². The topological polar surface area (TPSA) is 38.7 Å². The number of hydrogen-bond donors (Lipinski definition) is 0. The van der Waals surface area contributed by atoms with Crippen LogP contribution in [0.25, 0.3) is 86.7 Å². The van der Waals surface area contributed by atoms with Gasteiger partial charge in [0.1, 0.15) is 0 Å². The van der Waals surface area contributed by atoms with Crippen molar-refractivity contribution in [2.45, 2.75) is 0 Å². The van der Waals surface area contributed by atoms with E-state index in [1.54, 1.807) is 30.3 Å². The summed E-state index contributed by atoms with van der Waals surface area (Å²) >= 11 is 0.830. The number of nitrogens with zero attached hydrogens (tertiary/aromatic N) is 3. The van der Waals surface area contributed by atoms with Gasteiger partial charge >= 0.3 is 0 Å². The average molecular weight is 584 g/mol. The van der Waals surface area contributed by atoms with Crippen LogP contribution in [0.4, 0.5) is 0 Å². The Bertz CT molecular complexity index is 3480. The molecular weight excluding hydrogens is 543 g/mol. The zero-order valence-corrected chi connectivity index (χ0v) is 22.5. The van der Waals surface area contributed by atoms with Gasteiger partial charge in [0.05, 0.1) is 24.7 Å². The maximum absolute atomic E-state index is 9.72. The second-order valence-electron chi connectivity index (χ2n) is 9.43. The molecule has 0 atom stereocenters. The monoisotopic (exact) mass is 583 g/mol. The van der Waals surface area contributed by atoms with E-state index in [-0.39, 0.29) is 69.7 Å². The highest BCUT2D eigenvalue weighted by Gasteiger charge is 2.17. The number of aromatic nitrogens is 3. The molecule has 9 aromatic rings. The first-order chi connectivity index (χ1) is 28.8. The van der Waals surface area contributed by atoms with Gasteiger partial charge < -0.3 is 0 Å². The lowest BCUT2D eigenvalue weighted by atomic mass is 9.93. The van der Waals surface area contributed by atoms with Gasteiger partial charge in [0.25, 0.3) is 0 Å². The van der Waals surface area contributed by atoms with Crippen molar-refractivity contribution in [3.8, 4) is 34.2 Å². The molecule has 0 spiro atoms. The van der Waals surface area contributed by atoms with E-state index in [9.17, 15) is 4.11 Å². The maximum atomic E-state index is 9.72. The van der Waals surface area contributed by atoms with Crippen LogP contribution in [0, 0.1) is 0 Å². The molecule has 0 unspecified atom stereocenters. The van der Waals surface area contributed by atoms with E-state index in [4.69, 9.17) is 20.6 Å². The van der Waals surface area contributed by atoms with E-state index in [0.29, 0.717) is 5.56 Å². The number of fused-ring (bicyclic) bond motifs is 9. The van der Waals surface area contributed by atoms with E-state index >= 15 is 0 Å². The lowest BCUT2D eigenvalue weighted by Gasteiger charge is -2.13. The lowest BCUT2D eigenvalue weighted by molar-refractivity contribution is 1.08. The van der Waals surface area contributed by atoms with E-state index in [1.807, 2.05) is 0 Å². The molecule has 3 nitrogen and oxygen atoms in total. The summed E-state index contributed by atoms with van der Waals surface area (Å²) in [5.74, 6) is -0.904. The number of benzene rings is 7. The first kappa shape index (κ1) is 12.4. The summed E-state index contributed by atoms with van der Waals surface area (Å²) in [6.45, 7) is 0. The molecule has 0 aliphatic carbocycles. The van der Waals surface area contributed by atoms with Crippen molar-refractivity contribution >= 4 is 63.8 Å². The Balaban J connectivity index is 1.51. The molecule has 0 N–H and O–H groups in total. The van der Waals surface area contributed by atoms with Crippen molar-refractivity contribution in [1.82, 2.24) is 15.0 Å². The van der Waals surface area contributed by atoms with Crippen LogP contribution in [0.5, 0.6) is 0 Å². The van der Waals surface area contributed by atoms with Crippen LogP contribution >= 0.6 is 11.3 Å². The van der Waals surface area contributed by atoms with Crippen LogP contribution in [-0.2, 0) is 0 Å². The molecule has 0 saturated carbocycles. The molecule has 0 aliphatic heterocycles. The fourth-order valence-corrected chi connectivity index (χ4v) is 6.08. The van der Waals surface area contributed by atoms with Crippen molar-refractivity contribution in [1.29, 1.82) is 0 Å². The normalized spacial score (nSPS) is 17.6. The summed E-state index contributed by atoms with van der Waals surface area (Å²) in [4.78, 5) is 13.9. The molecule has 0 bridgehead atoms. The summed E-state index contributed by atoms with van der Waals surface area (Å²) in [6, 6.07) is -2.85. The number of hydrogen-bond acceptors (Lipinski definition) is 4. The third-order valence-corrected chi connectivity index (χ3v) is 8.02. The molecule has 2 aromatic heterocycles. The summed E-state index contributed by atoms with van der Waals surface area (Å²) in [7, 11) is 0. The van der Waals surface area contributed by atoms with Crippen molar-refractivity contribution in [3.05, 3.63) is 139 Å². The smallest absolute Gasteiger partial charge is 0.164 e. The predicted molar refractivity (Wildman–Crippen MR) is 182 cm³/mol. The second-order valence-corrected chi connectivity index (χ2v) is 10.5. The van der Waals surface area contributed by atoms with E-state index in [1.165, 1.54) is 0 Å². The van der Waals surface area contributed by atoms with Crippen molar-refractivity contribution in [2.75, 3.05) is 0 Å². The highest BCUT2D eigenvalue weighted by atomic mass is 32.1. The minimum Gasteiger partial charge on any atom is -0.208 e. The van der Waals surface area contributed by atoms with Crippen LogP contribution in [0.15, 0.2) is 139 Å². The van der Waals surface area contributed by atoms with E-state index in [2.05, 4.69) is 15.0 Å². The molecule has 2 heterocycles. The van der Waals surface area contributed by atoms with E-state index < -0.39 is 120 Å². The molecule has 7 aromatic carbocycles. The van der Waals surface area contributed by atoms with Crippen LogP contribution in [-0.4, -0.2) is 15.0 Å². The Morgan fingerprint density at radius 2 is 1.00 bits per heavy atom. The van der Waals surface area contributed by atoms with Gasteiger partial charge in [-0.15, -0.1) is 11.3 Å². The van der Waals surface area contributed by atoms with Gasteiger partial charge in [0.2, 0.25) is 0 Å². The standard InChI is InChI=1S/C39H23N3S/c1-2-11-24(12-3-1)37-40-38(42-39(41-37)32-18-10-20-35-36(32)31-17-8-9-19-34(31)43-35)25-21-22-30-28-15-5-4-13-26(28)27-14-6-7-16-29(27)33(30)23-25/h1-23H/i4D,5D,6D,7D,8D,9D,10D,13D,14D,15D,16D,17D,18D,19D,20D,21D,22D,23D. The molecule has 0 amide bonds. The van der Waals surface area contributed by atoms with Crippen molar-refractivity contribution in [3.63, 3.8) is 0 Å². The molecule has 0 radical (unpaired) electrons. The summed E-state index contributed by atoms with van der Waals surface area (Å²) in [6.07, 6.45) is 0. The lowest BCUT2D eigenvalue weighted by Crippen LogP contribution is -2.00. The molecule has 0 aliphatic rings. The van der Waals surface area contributed by atoms with Crippen LogP contribution in [0.2, 0.25) is 0 Å². The van der Waals surface area contributed by atoms with Crippen LogP contribution in [0.3, 0.4) is 0 Å². The highest BCUT2D eigenvalue weighted by Crippen LogP contribution is 2.40. The fraction of sp³-hybridized carbons (Fsp3) is 0. The molecule has 0 fully saturated rings. The first-order valence-corrected chi connectivity index (χ1v) is 13.7. The Labute approximate surface area is 277 Å². The molecule has 4 heteroatoms. The Kier molecular flexibility index (Phi) is 2.76. The molecule has 43 heavy (non-hydrogen) atoms. The van der Waals surface area contributed by atoms with Crippen molar-refractivity contribution in [2.24, 2.45) is 0 Å². The molecular formula is C39H23N3S. The number of thiophene rings is 1. The van der Waals surface area contributed by atoms with Gasteiger partial charge in [0.15, 0.2) is 17.5 Å². The van der Waals surface area contributed by atoms with Crippen LogP contribution < -0.4 is 0 Å². The van der Waals surface area contributed by atoms with Gasteiger partial charge in [-0.1, -0.05) is 121 Å². The van der Waals surface area contributed by atoms with Gasteiger partial charge in [0, 0.05) is 36.9 Å². The molecule has 0 saturated heterocycles. The van der Waals surface area contributed by atoms with E-state index in [0.717, 1.165) is 11.3 Å². The summed E-state index contributed by atoms with van der Waals surface area (Å²) in [5, 5.41) is -2.14. The minimum atomic E-state index is -0.729. The van der Waals surface area contributed by atoms with Gasteiger partial charge in [-0.25, -0.2) is 15.0 Å². The Morgan fingerprint density at radius 1 is 0.442 bits per heavy atom.